The van der Waals surface area contributed by atoms with Crippen LogP contribution < -0.4 is 0 Å². The molecule has 1 fully saturated rings. The molecule has 3 rings (SSSR count). The number of likely N-dealkylation sites (tertiary alicyclic amines) is 1. The van der Waals surface area contributed by atoms with Crippen molar-refractivity contribution in [3.8, 4) is 0 Å². The van der Waals surface area contributed by atoms with Gasteiger partial charge in [-0.3, -0.25) is 4.90 Å². The first-order valence-electron chi connectivity index (χ1n) is 8.81. The van der Waals surface area contributed by atoms with Gasteiger partial charge in [0.15, 0.2) is 0 Å². The lowest BCUT2D eigenvalue weighted by Crippen LogP contribution is -2.33. The molecule has 0 spiro atoms. The molecule has 0 saturated carbocycles. The van der Waals surface area contributed by atoms with Gasteiger partial charge in [-0.1, -0.05) is 49.4 Å². The van der Waals surface area contributed by atoms with Crippen LogP contribution in [0.2, 0.25) is 0 Å². The Bertz CT molecular complexity index is 571. The third kappa shape index (κ3) is 5.12. The maximum absolute atomic E-state index is 2.61. The number of piperidine rings is 1. The average molecular weight is 326 g/mol. The lowest BCUT2D eigenvalue weighted by Gasteiger charge is -2.32. The van der Waals surface area contributed by atoms with Crippen LogP contribution >= 0.6 is 11.8 Å². The van der Waals surface area contributed by atoms with Gasteiger partial charge in [0.05, 0.1) is 0 Å². The maximum Gasteiger partial charge on any atom is 0.0233 e. The summed E-state index contributed by atoms with van der Waals surface area (Å²) in [6.45, 7) is 5.79. The Morgan fingerprint density at radius 3 is 2.26 bits per heavy atom. The number of hydrogen-bond acceptors (Lipinski definition) is 2. The van der Waals surface area contributed by atoms with Crippen molar-refractivity contribution in [2.45, 2.75) is 37.6 Å². The van der Waals surface area contributed by atoms with Crippen LogP contribution in [0.25, 0.3) is 0 Å². The number of benzene rings is 2. The first-order valence-corrected chi connectivity index (χ1v) is 9.80. The number of hydrogen-bond donors (Lipinski definition) is 0. The second-order valence-electron chi connectivity index (χ2n) is 6.49. The van der Waals surface area contributed by atoms with Gasteiger partial charge in [0.2, 0.25) is 0 Å². The predicted molar refractivity (Wildman–Crippen MR) is 101 cm³/mol. The van der Waals surface area contributed by atoms with E-state index < -0.39 is 0 Å². The van der Waals surface area contributed by atoms with Crippen molar-refractivity contribution in [2.75, 3.05) is 18.8 Å². The van der Waals surface area contributed by atoms with Crippen LogP contribution in [0, 0.1) is 5.92 Å². The minimum absolute atomic E-state index is 0.858. The Morgan fingerprint density at radius 1 is 0.913 bits per heavy atom. The zero-order chi connectivity index (χ0) is 15.9. The van der Waals surface area contributed by atoms with Crippen LogP contribution in [-0.4, -0.2) is 23.7 Å². The van der Waals surface area contributed by atoms with E-state index in [1.165, 1.54) is 48.4 Å². The molecular weight excluding hydrogens is 298 g/mol. The van der Waals surface area contributed by atoms with Crippen molar-refractivity contribution >= 4 is 11.8 Å². The zero-order valence-corrected chi connectivity index (χ0v) is 14.9. The van der Waals surface area contributed by atoms with Crippen LogP contribution in [0.3, 0.4) is 0 Å². The number of nitrogens with zero attached hydrogens (tertiary/aromatic N) is 1. The topological polar surface area (TPSA) is 3.24 Å². The van der Waals surface area contributed by atoms with Crippen molar-refractivity contribution < 1.29 is 0 Å². The van der Waals surface area contributed by atoms with E-state index in [1.54, 1.807) is 0 Å². The van der Waals surface area contributed by atoms with E-state index in [0.29, 0.717) is 0 Å². The lowest BCUT2D eigenvalue weighted by molar-refractivity contribution is 0.177. The molecule has 0 N–H and O–H groups in total. The minimum Gasteiger partial charge on any atom is -0.299 e. The normalized spacial score (nSPS) is 16.6. The van der Waals surface area contributed by atoms with E-state index in [1.807, 2.05) is 11.8 Å². The third-order valence-electron chi connectivity index (χ3n) is 4.71. The van der Waals surface area contributed by atoms with Crippen LogP contribution in [0.15, 0.2) is 59.5 Å². The summed E-state index contributed by atoms with van der Waals surface area (Å²) < 4.78 is 0. The molecule has 122 valence electrons. The predicted octanol–water partition coefficient (Wildman–Crippen LogP) is 5.25. The second-order valence-corrected chi connectivity index (χ2v) is 7.82. The molecule has 0 aromatic heterocycles. The Kier molecular flexibility index (Phi) is 6.18. The van der Waals surface area contributed by atoms with Gasteiger partial charge in [0, 0.05) is 11.4 Å². The number of rotatable bonds is 6. The van der Waals surface area contributed by atoms with Gasteiger partial charge in [-0.15, -0.1) is 11.8 Å². The second kappa shape index (κ2) is 8.56. The highest BCUT2D eigenvalue weighted by molar-refractivity contribution is 7.99. The molecule has 0 amide bonds. The summed E-state index contributed by atoms with van der Waals surface area (Å²) in [6.07, 6.45) is 3.91. The van der Waals surface area contributed by atoms with E-state index in [2.05, 4.69) is 66.4 Å². The van der Waals surface area contributed by atoms with Crippen LogP contribution in [-0.2, 0) is 13.0 Å². The smallest absolute Gasteiger partial charge is 0.0233 e. The largest absolute Gasteiger partial charge is 0.299 e. The maximum atomic E-state index is 2.61. The van der Waals surface area contributed by atoms with E-state index >= 15 is 0 Å². The molecule has 0 bridgehead atoms. The third-order valence-corrected chi connectivity index (χ3v) is 5.61. The van der Waals surface area contributed by atoms with Crippen LogP contribution in [0.1, 0.15) is 30.9 Å². The average Bonchev–Trinajstić information content (AvgIpc) is 2.60. The Morgan fingerprint density at radius 2 is 1.61 bits per heavy atom. The van der Waals surface area contributed by atoms with Crippen molar-refractivity contribution in [3.05, 3.63) is 65.7 Å². The molecule has 1 heterocycles. The molecule has 2 aromatic carbocycles. The van der Waals surface area contributed by atoms with Gasteiger partial charge < -0.3 is 0 Å². The molecule has 0 atom stereocenters. The van der Waals surface area contributed by atoms with E-state index in [-0.39, 0.29) is 0 Å². The summed E-state index contributed by atoms with van der Waals surface area (Å²) in [7, 11) is 0. The quantitative estimate of drug-likeness (QED) is 0.667. The molecule has 1 aliphatic rings. The standard InChI is InChI=1S/C21H27NS/c1-2-23-21-10-8-20(9-11-21)17-22-14-12-19(13-15-22)16-18-6-4-3-5-7-18/h3-11,19H,2,12-17H2,1H3. The summed E-state index contributed by atoms with van der Waals surface area (Å²) in [5.74, 6) is 2.01. The van der Waals surface area contributed by atoms with Crippen molar-refractivity contribution in [1.82, 2.24) is 4.90 Å². The summed E-state index contributed by atoms with van der Waals surface area (Å²) in [6, 6.07) is 20.1. The molecule has 23 heavy (non-hydrogen) atoms. The van der Waals surface area contributed by atoms with Crippen molar-refractivity contribution in [1.29, 1.82) is 0 Å². The highest BCUT2D eigenvalue weighted by Crippen LogP contribution is 2.23. The highest BCUT2D eigenvalue weighted by atomic mass is 32.2. The molecule has 0 aliphatic carbocycles. The monoisotopic (exact) mass is 325 g/mol. The summed E-state index contributed by atoms with van der Waals surface area (Å²) in [5, 5.41) is 0. The van der Waals surface area contributed by atoms with Gasteiger partial charge >= 0.3 is 0 Å². The molecular formula is C21H27NS. The number of thioether (sulfide) groups is 1. The van der Waals surface area contributed by atoms with Gasteiger partial charge in [-0.25, -0.2) is 0 Å². The molecule has 0 radical (unpaired) electrons. The van der Waals surface area contributed by atoms with Crippen molar-refractivity contribution in [2.24, 2.45) is 5.92 Å². The SMILES string of the molecule is CCSc1ccc(CN2CCC(Cc3ccccc3)CC2)cc1. The lowest BCUT2D eigenvalue weighted by atomic mass is 9.90. The molecule has 2 aromatic rings. The fourth-order valence-electron chi connectivity index (χ4n) is 3.41. The zero-order valence-electron chi connectivity index (χ0n) is 14.1. The van der Waals surface area contributed by atoms with Gasteiger partial charge in [0.1, 0.15) is 0 Å². The Balaban J connectivity index is 1.45. The van der Waals surface area contributed by atoms with Crippen LogP contribution in [0.5, 0.6) is 0 Å². The summed E-state index contributed by atoms with van der Waals surface area (Å²) >= 11 is 1.92. The summed E-state index contributed by atoms with van der Waals surface area (Å²) in [4.78, 5) is 4.00. The molecule has 1 aliphatic heterocycles. The Labute approximate surface area is 145 Å². The van der Waals surface area contributed by atoms with E-state index in [0.717, 1.165) is 18.2 Å². The van der Waals surface area contributed by atoms with Crippen LogP contribution in [0.4, 0.5) is 0 Å². The summed E-state index contributed by atoms with van der Waals surface area (Å²) in [5.41, 5.74) is 2.95. The fraction of sp³-hybridized carbons (Fsp3) is 0.429. The molecule has 1 saturated heterocycles. The van der Waals surface area contributed by atoms with E-state index in [4.69, 9.17) is 0 Å². The van der Waals surface area contributed by atoms with Gasteiger partial charge in [0.25, 0.3) is 0 Å². The first-order chi connectivity index (χ1) is 11.3. The molecule has 1 nitrogen and oxygen atoms in total. The van der Waals surface area contributed by atoms with Gasteiger partial charge in [-0.2, -0.15) is 0 Å². The highest BCUT2D eigenvalue weighted by Gasteiger charge is 2.19. The van der Waals surface area contributed by atoms with Crippen molar-refractivity contribution in [3.63, 3.8) is 0 Å². The Hall–Kier alpha value is -1.25. The molecule has 2 heteroatoms. The van der Waals surface area contributed by atoms with Gasteiger partial charge in [-0.05, 0) is 67.3 Å². The molecule has 0 unspecified atom stereocenters. The van der Waals surface area contributed by atoms with E-state index in [9.17, 15) is 0 Å². The minimum atomic E-state index is 0.858. The first kappa shape index (κ1) is 16.6. The fourth-order valence-corrected chi connectivity index (χ4v) is 4.07.